The number of nitrogens with zero attached hydrogens (tertiary/aromatic N) is 3. The number of morpholine rings is 1. The third-order valence-electron chi connectivity index (χ3n) is 3.79. The molecule has 0 radical (unpaired) electrons. The van der Waals surface area contributed by atoms with Crippen molar-refractivity contribution in [2.45, 2.75) is 26.3 Å². The average Bonchev–Trinajstić information content (AvgIpc) is 2.83. The quantitative estimate of drug-likeness (QED) is 0.803. The summed E-state index contributed by atoms with van der Waals surface area (Å²) in [6.07, 6.45) is 2.51. The van der Waals surface area contributed by atoms with Gasteiger partial charge in [0.1, 0.15) is 6.04 Å². The van der Waals surface area contributed by atoms with Gasteiger partial charge in [-0.05, 0) is 26.8 Å². The summed E-state index contributed by atoms with van der Waals surface area (Å²) >= 11 is 5.96. The Morgan fingerprint density at radius 2 is 2.24 bits per heavy atom. The molecule has 1 fully saturated rings. The molecule has 6 nitrogen and oxygen atoms in total. The molecule has 1 N–H and O–H groups in total. The predicted octanol–water partition coefficient (Wildman–Crippen LogP) is 1.24. The predicted molar refractivity (Wildman–Crippen MR) is 81.6 cm³/mol. The van der Waals surface area contributed by atoms with Crippen LogP contribution in [0, 0.1) is 6.92 Å². The number of aromatic nitrogens is 2. The van der Waals surface area contributed by atoms with Gasteiger partial charge in [0.25, 0.3) is 0 Å². The summed E-state index contributed by atoms with van der Waals surface area (Å²) in [4.78, 5) is 14.5. The SMILES string of the molecule is Cc1c(Cl)cnn1C(C)C(=O)NCCCN1CCOCC1. The highest BCUT2D eigenvalue weighted by atomic mass is 35.5. The van der Waals surface area contributed by atoms with E-state index in [2.05, 4.69) is 15.3 Å². The Balaban J connectivity index is 1.70. The molecule has 118 valence electrons. The Morgan fingerprint density at radius 1 is 1.52 bits per heavy atom. The molecule has 1 aliphatic heterocycles. The molecule has 0 aromatic carbocycles. The van der Waals surface area contributed by atoms with Crippen LogP contribution < -0.4 is 5.32 Å². The minimum Gasteiger partial charge on any atom is -0.379 e. The summed E-state index contributed by atoms with van der Waals surface area (Å²) in [5, 5.41) is 7.68. The molecule has 0 spiro atoms. The number of ether oxygens (including phenoxy) is 1. The minimum atomic E-state index is -0.346. The van der Waals surface area contributed by atoms with Crippen LogP contribution in [0.5, 0.6) is 0 Å². The van der Waals surface area contributed by atoms with Gasteiger partial charge in [0.05, 0.1) is 30.1 Å². The van der Waals surface area contributed by atoms with Crippen LogP contribution in [-0.2, 0) is 9.53 Å². The summed E-state index contributed by atoms with van der Waals surface area (Å²) in [6.45, 7) is 8.93. The van der Waals surface area contributed by atoms with Gasteiger partial charge in [-0.2, -0.15) is 5.10 Å². The fraction of sp³-hybridized carbons (Fsp3) is 0.714. The monoisotopic (exact) mass is 314 g/mol. The highest BCUT2D eigenvalue weighted by Gasteiger charge is 2.18. The highest BCUT2D eigenvalue weighted by Crippen LogP contribution is 2.17. The van der Waals surface area contributed by atoms with Crippen LogP contribution in [0.25, 0.3) is 0 Å². The lowest BCUT2D eigenvalue weighted by molar-refractivity contribution is -0.124. The van der Waals surface area contributed by atoms with Crippen LogP contribution in [0.15, 0.2) is 6.20 Å². The molecule has 0 aliphatic carbocycles. The lowest BCUT2D eigenvalue weighted by Gasteiger charge is -2.26. The van der Waals surface area contributed by atoms with E-state index in [1.165, 1.54) is 0 Å². The summed E-state index contributed by atoms with van der Waals surface area (Å²) < 4.78 is 6.96. The topological polar surface area (TPSA) is 59.4 Å². The summed E-state index contributed by atoms with van der Waals surface area (Å²) in [5.74, 6) is -0.0279. The molecule has 2 rings (SSSR count). The second-order valence-electron chi connectivity index (χ2n) is 5.30. The van der Waals surface area contributed by atoms with Crippen LogP contribution in [0.4, 0.5) is 0 Å². The van der Waals surface area contributed by atoms with Crippen molar-refractivity contribution in [1.82, 2.24) is 20.0 Å². The van der Waals surface area contributed by atoms with E-state index in [-0.39, 0.29) is 11.9 Å². The van der Waals surface area contributed by atoms with Crippen molar-refractivity contribution in [3.63, 3.8) is 0 Å². The van der Waals surface area contributed by atoms with Crippen molar-refractivity contribution in [3.05, 3.63) is 16.9 Å². The number of hydrogen-bond donors (Lipinski definition) is 1. The minimum absolute atomic E-state index is 0.0279. The maximum absolute atomic E-state index is 12.1. The van der Waals surface area contributed by atoms with Gasteiger partial charge in [-0.25, -0.2) is 0 Å². The second-order valence-corrected chi connectivity index (χ2v) is 5.70. The molecular weight excluding hydrogens is 292 g/mol. The van der Waals surface area contributed by atoms with Crippen LogP contribution in [0.1, 0.15) is 25.1 Å². The lowest BCUT2D eigenvalue weighted by atomic mass is 10.3. The van der Waals surface area contributed by atoms with E-state index >= 15 is 0 Å². The van der Waals surface area contributed by atoms with Gasteiger partial charge in [0, 0.05) is 19.6 Å². The number of nitrogens with one attached hydrogen (secondary N) is 1. The standard InChI is InChI=1S/C14H23ClN4O2/c1-11-13(15)10-17-19(11)12(2)14(20)16-4-3-5-18-6-8-21-9-7-18/h10,12H,3-9H2,1-2H3,(H,16,20). The van der Waals surface area contributed by atoms with Gasteiger partial charge < -0.3 is 10.1 Å². The van der Waals surface area contributed by atoms with Crippen molar-refractivity contribution in [3.8, 4) is 0 Å². The van der Waals surface area contributed by atoms with E-state index in [1.54, 1.807) is 10.9 Å². The molecule has 1 aliphatic rings. The fourth-order valence-corrected chi connectivity index (χ4v) is 2.52. The Bertz CT molecular complexity index is 472. The number of carbonyl (C=O) groups is 1. The number of amides is 1. The van der Waals surface area contributed by atoms with Crippen LogP contribution in [-0.4, -0.2) is 60.0 Å². The van der Waals surface area contributed by atoms with E-state index < -0.39 is 0 Å². The number of carbonyl (C=O) groups excluding carboxylic acids is 1. The molecule has 1 aromatic heterocycles. The van der Waals surface area contributed by atoms with Crippen molar-refractivity contribution in [2.24, 2.45) is 0 Å². The van der Waals surface area contributed by atoms with E-state index in [0.717, 1.165) is 45.0 Å². The van der Waals surface area contributed by atoms with E-state index in [4.69, 9.17) is 16.3 Å². The number of rotatable bonds is 6. The first kappa shape index (κ1) is 16.3. The maximum Gasteiger partial charge on any atom is 0.244 e. The molecule has 1 aromatic rings. The maximum atomic E-state index is 12.1. The Labute approximate surface area is 130 Å². The van der Waals surface area contributed by atoms with Gasteiger partial charge in [0.15, 0.2) is 0 Å². The zero-order chi connectivity index (χ0) is 15.2. The molecule has 7 heteroatoms. The normalized spacial score (nSPS) is 17.7. The first-order chi connectivity index (χ1) is 10.1. The van der Waals surface area contributed by atoms with Crippen molar-refractivity contribution in [2.75, 3.05) is 39.4 Å². The highest BCUT2D eigenvalue weighted by molar-refractivity contribution is 6.31. The molecular formula is C14H23ClN4O2. The zero-order valence-electron chi connectivity index (χ0n) is 12.6. The van der Waals surface area contributed by atoms with E-state index in [9.17, 15) is 4.79 Å². The fourth-order valence-electron chi connectivity index (χ4n) is 2.39. The number of halogens is 1. The molecule has 1 unspecified atom stereocenters. The summed E-state index contributed by atoms with van der Waals surface area (Å²) in [6, 6.07) is -0.346. The van der Waals surface area contributed by atoms with Crippen molar-refractivity contribution < 1.29 is 9.53 Å². The van der Waals surface area contributed by atoms with Gasteiger partial charge in [0.2, 0.25) is 5.91 Å². The first-order valence-electron chi connectivity index (χ1n) is 7.37. The average molecular weight is 315 g/mol. The van der Waals surface area contributed by atoms with E-state index in [1.807, 2.05) is 13.8 Å². The Morgan fingerprint density at radius 3 is 2.86 bits per heavy atom. The smallest absolute Gasteiger partial charge is 0.244 e. The molecule has 1 saturated heterocycles. The Hall–Kier alpha value is -1.11. The largest absolute Gasteiger partial charge is 0.379 e. The van der Waals surface area contributed by atoms with Gasteiger partial charge in [-0.3, -0.25) is 14.4 Å². The molecule has 0 saturated carbocycles. The van der Waals surface area contributed by atoms with Gasteiger partial charge in [-0.1, -0.05) is 11.6 Å². The van der Waals surface area contributed by atoms with Gasteiger partial charge >= 0.3 is 0 Å². The zero-order valence-corrected chi connectivity index (χ0v) is 13.4. The van der Waals surface area contributed by atoms with Gasteiger partial charge in [-0.15, -0.1) is 0 Å². The van der Waals surface area contributed by atoms with Crippen molar-refractivity contribution >= 4 is 17.5 Å². The second kappa shape index (κ2) is 7.77. The van der Waals surface area contributed by atoms with Crippen LogP contribution in [0.2, 0.25) is 5.02 Å². The van der Waals surface area contributed by atoms with E-state index in [0.29, 0.717) is 11.6 Å². The van der Waals surface area contributed by atoms with Crippen molar-refractivity contribution in [1.29, 1.82) is 0 Å². The van der Waals surface area contributed by atoms with Crippen LogP contribution >= 0.6 is 11.6 Å². The Kier molecular flexibility index (Phi) is 6.02. The number of hydrogen-bond acceptors (Lipinski definition) is 4. The molecule has 2 heterocycles. The molecule has 0 bridgehead atoms. The summed E-state index contributed by atoms with van der Waals surface area (Å²) in [5.41, 5.74) is 0.813. The third kappa shape index (κ3) is 4.43. The molecule has 21 heavy (non-hydrogen) atoms. The molecule has 1 atom stereocenters. The lowest BCUT2D eigenvalue weighted by Crippen LogP contribution is -2.39. The van der Waals surface area contributed by atoms with Crippen LogP contribution in [0.3, 0.4) is 0 Å². The third-order valence-corrected chi connectivity index (χ3v) is 4.16. The summed E-state index contributed by atoms with van der Waals surface area (Å²) in [7, 11) is 0. The molecule has 1 amide bonds. The first-order valence-corrected chi connectivity index (χ1v) is 7.75.